The molecule has 1 aliphatic heterocycles. The highest BCUT2D eigenvalue weighted by Gasteiger charge is 2.28. The van der Waals surface area contributed by atoms with Crippen molar-refractivity contribution in [2.75, 3.05) is 18.4 Å². The topological polar surface area (TPSA) is 49.4 Å². The highest BCUT2D eigenvalue weighted by atomic mass is 35.5. The fourth-order valence-corrected chi connectivity index (χ4v) is 4.14. The average Bonchev–Trinajstić information content (AvgIpc) is 3.16. The van der Waals surface area contributed by atoms with Crippen molar-refractivity contribution in [1.82, 2.24) is 4.90 Å². The van der Waals surface area contributed by atoms with Gasteiger partial charge in [-0.05, 0) is 79.6 Å². The molecule has 140 valence electrons. The van der Waals surface area contributed by atoms with Crippen LogP contribution in [0.1, 0.15) is 40.7 Å². The van der Waals surface area contributed by atoms with Crippen molar-refractivity contribution < 1.29 is 9.59 Å². The number of aryl methyl sites for hydroxylation is 2. The van der Waals surface area contributed by atoms with Gasteiger partial charge in [0, 0.05) is 35.3 Å². The van der Waals surface area contributed by atoms with E-state index in [2.05, 4.69) is 17.4 Å². The van der Waals surface area contributed by atoms with Gasteiger partial charge in [-0.15, -0.1) is 0 Å². The van der Waals surface area contributed by atoms with Gasteiger partial charge in [0.25, 0.3) is 5.91 Å². The monoisotopic (exact) mass is 382 g/mol. The molecule has 0 bridgehead atoms. The lowest BCUT2D eigenvalue weighted by atomic mass is 9.95. The first-order valence-corrected chi connectivity index (χ1v) is 9.95. The smallest absolute Gasteiger partial charge is 0.253 e. The van der Waals surface area contributed by atoms with E-state index in [1.165, 1.54) is 17.5 Å². The lowest BCUT2D eigenvalue weighted by Crippen LogP contribution is -2.41. The molecule has 0 unspecified atom stereocenters. The van der Waals surface area contributed by atoms with E-state index in [1.807, 2.05) is 11.0 Å². The molecule has 4 nitrogen and oxygen atoms in total. The zero-order chi connectivity index (χ0) is 18.8. The molecule has 1 aliphatic carbocycles. The van der Waals surface area contributed by atoms with Crippen molar-refractivity contribution in [3.8, 4) is 0 Å². The van der Waals surface area contributed by atoms with Crippen LogP contribution in [0.15, 0.2) is 42.5 Å². The summed E-state index contributed by atoms with van der Waals surface area (Å²) in [4.78, 5) is 27.0. The number of halogens is 1. The highest BCUT2D eigenvalue weighted by molar-refractivity contribution is 6.30. The van der Waals surface area contributed by atoms with Crippen LogP contribution in [0.3, 0.4) is 0 Å². The van der Waals surface area contributed by atoms with E-state index in [0.29, 0.717) is 36.5 Å². The van der Waals surface area contributed by atoms with Crippen LogP contribution in [-0.2, 0) is 17.6 Å². The molecule has 2 aromatic carbocycles. The standard InChI is InChI=1S/C22H23ClN2O2/c23-19-7-4-17(5-8-19)22(27)25-12-10-16(11-13-25)21(26)24-20-9-6-15-2-1-3-18(15)14-20/h4-9,14,16H,1-3,10-13H2,(H,24,26). The van der Waals surface area contributed by atoms with E-state index < -0.39 is 0 Å². The number of anilines is 1. The van der Waals surface area contributed by atoms with Crippen LogP contribution in [0.4, 0.5) is 5.69 Å². The van der Waals surface area contributed by atoms with E-state index in [0.717, 1.165) is 18.5 Å². The molecule has 1 fully saturated rings. The number of nitrogens with zero attached hydrogens (tertiary/aromatic N) is 1. The minimum Gasteiger partial charge on any atom is -0.339 e. The molecule has 0 radical (unpaired) electrons. The fourth-order valence-electron chi connectivity index (χ4n) is 4.01. The Morgan fingerprint density at radius 3 is 2.41 bits per heavy atom. The van der Waals surface area contributed by atoms with Gasteiger partial charge in [-0.1, -0.05) is 17.7 Å². The van der Waals surface area contributed by atoms with Crippen LogP contribution in [0.25, 0.3) is 0 Å². The van der Waals surface area contributed by atoms with Crippen LogP contribution in [0, 0.1) is 5.92 Å². The molecule has 5 heteroatoms. The van der Waals surface area contributed by atoms with Crippen molar-refractivity contribution in [3.63, 3.8) is 0 Å². The van der Waals surface area contributed by atoms with E-state index >= 15 is 0 Å². The summed E-state index contributed by atoms with van der Waals surface area (Å²) in [7, 11) is 0. The minimum atomic E-state index is -0.0486. The summed E-state index contributed by atoms with van der Waals surface area (Å²) in [6.07, 6.45) is 4.83. The Labute approximate surface area is 164 Å². The van der Waals surface area contributed by atoms with Crippen LogP contribution in [0.5, 0.6) is 0 Å². The predicted octanol–water partition coefficient (Wildman–Crippen LogP) is 4.32. The van der Waals surface area contributed by atoms with Gasteiger partial charge in [-0.2, -0.15) is 0 Å². The van der Waals surface area contributed by atoms with Gasteiger partial charge in [-0.3, -0.25) is 9.59 Å². The van der Waals surface area contributed by atoms with E-state index in [4.69, 9.17) is 11.6 Å². The minimum absolute atomic E-state index is 0.00384. The summed E-state index contributed by atoms with van der Waals surface area (Å²) in [5, 5.41) is 3.69. The average molecular weight is 383 g/mol. The molecule has 2 aromatic rings. The molecule has 0 atom stereocenters. The molecule has 0 saturated carbocycles. The van der Waals surface area contributed by atoms with Crippen molar-refractivity contribution in [2.45, 2.75) is 32.1 Å². The normalized spacial score (nSPS) is 16.9. The Hall–Kier alpha value is -2.33. The summed E-state index contributed by atoms with van der Waals surface area (Å²) in [6, 6.07) is 13.2. The largest absolute Gasteiger partial charge is 0.339 e. The molecule has 0 aromatic heterocycles. The number of piperidine rings is 1. The third-order valence-corrected chi connectivity index (χ3v) is 5.86. The molecule has 2 amide bonds. The first kappa shape index (κ1) is 18.1. The second-order valence-corrected chi connectivity index (χ2v) is 7.84. The summed E-state index contributed by atoms with van der Waals surface area (Å²) in [5.41, 5.74) is 4.29. The summed E-state index contributed by atoms with van der Waals surface area (Å²) in [5.74, 6) is 0.0169. The van der Waals surface area contributed by atoms with Gasteiger partial charge in [0.15, 0.2) is 0 Å². The lowest BCUT2D eigenvalue weighted by molar-refractivity contribution is -0.121. The Balaban J connectivity index is 1.32. The zero-order valence-electron chi connectivity index (χ0n) is 15.2. The molecule has 1 heterocycles. The van der Waals surface area contributed by atoms with Gasteiger partial charge in [-0.25, -0.2) is 0 Å². The highest BCUT2D eigenvalue weighted by Crippen LogP contribution is 2.26. The number of nitrogens with one attached hydrogen (secondary N) is 1. The first-order chi connectivity index (χ1) is 13.1. The maximum Gasteiger partial charge on any atom is 0.253 e. The predicted molar refractivity (Wildman–Crippen MR) is 107 cm³/mol. The number of carbonyl (C=O) groups excluding carboxylic acids is 2. The Morgan fingerprint density at radius 1 is 0.963 bits per heavy atom. The molecule has 0 spiro atoms. The van der Waals surface area contributed by atoms with E-state index in [9.17, 15) is 9.59 Å². The number of hydrogen-bond acceptors (Lipinski definition) is 2. The zero-order valence-corrected chi connectivity index (χ0v) is 16.0. The van der Waals surface area contributed by atoms with Crippen LogP contribution >= 0.6 is 11.6 Å². The molecule has 27 heavy (non-hydrogen) atoms. The van der Waals surface area contributed by atoms with Crippen LogP contribution in [0.2, 0.25) is 5.02 Å². The number of amides is 2. The summed E-state index contributed by atoms with van der Waals surface area (Å²) < 4.78 is 0. The Bertz CT molecular complexity index is 855. The van der Waals surface area contributed by atoms with Crippen molar-refractivity contribution in [3.05, 3.63) is 64.2 Å². The van der Waals surface area contributed by atoms with E-state index in [1.54, 1.807) is 24.3 Å². The van der Waals surface area contributed by atoms with Gasteiger partial charge in [0.2, 0.25) is 5.91 Å². The van der Waals surface area contributed by atoms with Gasteiger partial charge in [0.05, 0.1) is 0 Å². The van der Waals surface area contributed by atoms with Gasteiger partial charge in [0.1, 0.15) is 0 Å². The maximum absolute atomic E-state index is 12.6. The van der Waals surface area contributed by atoms with Crippen molar-refractivity contribution >= 4 is 29.1 Å². The van der Waals surface area contributed by atoms with E-state index in [-0.39, 0.29) is 17.7 Å². The maximum atomic E-state index is 12.6. The molecule has 1 N–H and O–H groups in total. The number of rotatable bonds is 3. The van der Waals surface area contributed by atoms with Gasteiger partial charge >= 0.3 is 0 Å². The molecular formula is C22H23ClN2O2. The number of hydrogen-bond donors (Lipinski definition) is 1. The quantitative estimate of drug-likeness (QED) is 0.859. The summed E-state index contributed by atoms with van der Waals surface area (Å²) >= 11 is 5.88. The second kappa shape index (κ2) is 7.73. The molecule has 1 saturated heterocycles. The Morgan fingerprint density at radius 2 is 1.67 bits per heavy atom. The number of fused-ring (bicyclic) bond motifs is 1. The second-order valence-electron chi connectivity index (χ2n) is 7.40. The van der Waals surface area contributed by atoms with Gasteiger partial charge < -0.3 is 10.2 Å². The Kier molecular flexibility index (Phi) is 5.17. The molecule has 2 aliphatic rings. The fraction of sp³-hybridized carbons (Fsp3) is 0.364. The SMILES string of the molecule is O=C(Nc1ccc2c(c1)CCC2)C1CCN(C(=O)c2ccc(Cl)cc2)CC1. The van der Waals surface area contributed by atoms with Crippen molar-refractivity contribution in [2.24, 2.45) is 5.92 Å². The third kappa shape index (κ3) is 4.01. The van der Waals surface area contributed by atoms with Crippen molar-refractivity contribution in [1.29, 1.82) is 0 Å². The number of benzene rings is 2. The third-order valence-electron chi connectivity index (χ3n) is 5.61. The van der Waals surface area contributed by atoms with Crippen LogP contribution in [-0.4, -0.2) is 29.8 Å². The number of likely N-dealkylation sites (tertiary alicyclic amines) is 1. The lowest BCUT2D eigenvalue weighted by Gasteiger charge is -2.31. The molecular weight excluding hydrogens is 360 g/mol. The summed E-state index contributed by atoms with van der Waals surface area (Å²) in [6.45, 7) is 1.20. The first-order valence-electron chi connectivity index (χ1n) is 9.57. The van der Waals surface area contributed by atoms with Crippen LogP contribution < -0.4 is 5.32 Å². The number of carbonyl (C=O) groups is 2. The molecule has 4 rings (SSSR count).